The van der Waals surface area contributed by atoms with Gasteiger partial charge in [-0.2, -0.15) is 0 Å². The Morgan fingerprint density at radius 2 is 2.44 bits per heavy atom. The number of nitrogens with zero attached hydrogens (tertiary/aromatic N) is 1. The fourth-order valence-corrected chi connectivity index (χ4v) is 2.16. The molecule has 1 aromatic heterocycles. The number of aromatic nitrogens is 1. The molecular formula is C12H18N2O2. The molecule has 0 amide bonds. The van der Waals surface area contributed by atoms with Gasteiger partial charge in [0.15, 0.2) is 0 Å². The lowest BCUT2D eigenvalue weighted by atomic mass is 10.2. The molecule has 1 aromatic rings. The summed E-state index contributed by atoms with van der Waals surface area (Å²) in [4.78, 5) is 4.14. The first-order chi connectivity index (χ1) is 7.81. The molecule has 0 aromatic carbocycles. The van der Waals surface area contributed by atoms with Gasteiger partial charge in [0.2, 0.25) is 5.88 Å². The van der Waals surface area contributed by atoms with Gasteiger partial charge < -0.3 is 15.2 Å². The smallest absolute Gasteiger partial charge is 0.217 e. The second-order valence-corrected chi connectivity index (χ2v) is 4.16. The molecule has 4 heteroatoms. The van der Waals surface area contributed by atoms with Gasteiger partial charge in [-0.3, -0.25) is 0 Å². The van der Waals surface area contributed by atoms with Crippen LogP contribution in [0.2, 0.25) is 0 Å². The molecule has 0 saturated heterocycles. The zero-order chi connectivity index (χ0) is 11.4. The molecule has 1 aliphatic carbocycles. The summed E-state index contributed by atoms with van der Waals surface area (Å²) in [6.07, 6.45) is 4.56. The summed E-state index contributed by atoms with van der Waals surface area (Å²) in [5.74, 6) is 0.655. The molecule has 0 aliphatic heterocycles. The van der Waals surface area contributed by atoms with Crippen molar-refractivity contribution in [3.05, 3.63) is 23.9 Å². The number of aliphatic hydroxyl groups is 1. The van der Waals surface area contributed by atoms with E-state index in [9.17, 15) is 5.11 Å². The van der Waals surface area contributed by atoms with Crippen LogP contribution in [0.1, 0.15) is 24.8 Å². The van der Waals surface area contributed by atoms with E-state index in [1.54, 1.807) is 13.3 Å². The molecule has 2 N–H and O–H groups in total. The Bertz CT molecular complexity index is 344. The lowest BCUT2D eigenvalue weighted by molar-refractivity contribution is 0.148. The molecular weight excluding hydrogens is 204 g/mol. The third kappa shape index (κ3) is 2.51. The standard InChI is InChI=1S/C12H18N2O2/c1-16-12-9(4-3-7-13-12)8-14-10-5-2-6-11(10)15/h3-4,7,10-11,14-15H,2,5-6,8H2,1H3/t10-,11-/m1/s1. The van der Waals surface area contributed by atoms with Crippen LogP contribution in [0, 0.1) is 0 Å². The van der Waals surface area contributed by atoms with E-state index in [0.717, 1.165) is 24.8 Å². The molecule has 1 fully saturated rings. The van der Waals surface area contributed by atoms with Crippen molar-refractivity contribution in [1.29, 1.82) is 0 Å². The summed E-state index contributed by atoms with van der Waals surface area (Å²) in [7, 11) is 1.62. The maximum absolute atomic E-state index is 9.68. The fraction of sp³-hybridized carbons (Fsp3) is 0.583. The van der Waals surface area contributed by atoms with E-state index >= 15 is 0 Å². The number of pyridine rings is 1. The molecule has 4 nitrogen and oxygen atoms in total. The highest BCUT2D eigenvalue weighted by Gasteiger charge is 2.24. The SMILES string of the molecule is COc1ncccc1CN[C@@H]1CCC[C@H]1O. The molecule has 1 aliphatic rings. The second kappa shape index (κ2) is 5.27. The Kier molecular flexibility index (Phi) is 3.74. The monoisotopic (exact) mass is 222 g/mol. The van der Waals surface area contributed by atoms with Crippen LogP contribution in [0.3, 0.4) is 0 Å². The molecule has 1 heterocycles. The minimum absolute atomic E-state index is 0.206. The van der Waals surface area contributed by atoms with Gasteiger partial charge in [-0.05, 0) is 25.3 Å². The summed E-state index contributed by atoms with van der Waals surface area (Å²) in [6, 6.07) is 4.09. The number of hydrogen-bond donors (Lipinski definition) is 2. The molecule has 2 rings (SSSR count). The Morgan fingerprint density at radius 1 is 1.56 bits per heavy atom. The Hall–Kier alpha value is -1.13. The van der Waals surface area contributed by atoms with Crippen molar-refractivity contribution in [2.24, 2.45) is 0 Å². The van der Waals surface area contributed by atoms with Crippen molar-refractivity contribution in [2.75, 3.05) is 7.11 Å². The molecule has 0 bridgehead atoms. The maximum Gasteiger partial charge on any atom is 0.217 e. The highest BCUT2D eigenvalue weighted by atomic mass is 16.5. The number of aliphatic hydroxyl groups excluding tert-OH is 1. The van der Waals surface area contributed by atoms with Crippen LogP contribution in [0.25, 0.3) is 0 Å². The Labute approximate surface area is 95.7 Å². The van der Waals surface area contributed by atoms with Crippen LogP contribution in [0.15, 0.2) is 18.3 Å². The number of rotatable bonds is 4. The lowest BCUT2D eigenvalue weighted by Gasteiger charge is -2.17. The first-order valence-corrected chi connectivity index (χ1v) is 5.70. The van der Waals surface area contributed by atoms with Crippen molar-refractivity contribution in [3.8, 4) is 5.88 Å². The molecule has 2 atom stereocenters. The van der Waals surface area contributed by atoms with E-state index in [2.05, 4.69) is 10.3 Å². The van der Waals surface area contributed by atoms with Crippen LogP contribution in [-0.4, -0.2) is 29.3 Å². The first-order valence-electron chi connectivity index (χ1n) is 5.70. The van der Waals surface area contributed by atoms with Gasteiger partial charge in [0.05, 0.1) is 13.2 Å². The Morgan fingerprint density at radius 3 is 3.12 bits per heavy atom. The topological polar surface area (TPSA) is 54.4 Å². The minimum Gasteiger partial charge on any atom is -0.481 e. The predicted octanol–water partition coefficient (Wildman–Crippen LogP) is 1.09. The summed E-state index contributed by atoms with van der Waals surface area (Å²) in [6.45, 7) is 0.693. The average molecular weight is 222 g/mol. The maximum atomic E-state index is 9.68. The van der Waals surface area contributed by atoms with Crippen molar-refractivity contribution >= 4 is 0 Å². The Balaban J connectivity index is 1.93. The van der Waals surface area contributed by atoms with E-state index in [-0.39, 0.29) is 12.1 Å². The van der Waals surface area contributed by atoms with E-state index < -0.39 is 0 Å². The van der Waals surface area contributed by atoms with Gasteiger partial charge in [-0.25, -0.2) is 4.98 Å². The van der Waals surface area contributed by atoms with E-state index in [1.807, 2.05) is 12.1 Å². The summed E-state index contributed by atoms with van der Waals surface area (Å²) in [5.41, 5.74) is 1.03. The fourth-order valence-electron chi connectivity index (χ4n) is 2.16. The third-order valence-electron chi connectivity index (χ3n) is 3.08. The van der Waals surface area contributed by atoms with Crippen LogP contribution < -0.4 is 10.1 Å². The van der Waals surface area contributed by atoms with Crippen LogP contribution >= 0.6 is 0 Å². The zero-order valence-corrected chi connectivity index (χ0v) is 9.52. The second-order valence-electron chi connectivity index (χ2n) is 4.16. The van der Waals surface area contributed by atoms with Gasteiger partial charge in [0.25, 0.3) is 0 Å². The van der Waals surface area contributed by atoms with Gasteiger partial charge in [0.1, 0.15) is 0 Å². The van der Waals surface area contributed by atoms with Gasteiger partial charge >= 0.3 is 0 Å². The van der Waals surface area contributed by atoms with Crippen molar-refractivity contribution in [1.82, 2.24) is 10.3 Å². The van der Waals surface area contributed by atoms with Gasteiger partial charge in [-0.15, -0.1) is 0 Å². The highest BCUT2D eigenvalue weighted by molar-refractivity contribution is 5.25. The number of methoxy groups -OCH3 is 1. The number of nitrogens with one attached hydrogen (secondary N) is 1. The average Bonchev–Trinajstić information content (AvgIpc) is 2.72. The molecule has 16 heavy (non-hydrogen) atoms. The van der Waals surface area contributed by atoms with Gasteiger partial charge in [0, 0.05) is 24.3 Å². The zero-order valence-electron chi connectivity index (χ0n) is 9.52. The molecule has 0 radical (unpaired) electrons. The summed E-state index contributed by atoms with van der Waals surface area (Å²) >= 11 is 0. The normalized spacial score (nSPS) is 24.6. The minimum atomic E-state index is -0.206. The van der Waals surface area contributed by atoms with Crippen molar-refractivity contribution in [3.63, 3.8) is 0 Å². The summed E-state index contributed by atoms with van der Waals surface area (Å²) < 4.78 is 5.17. The molecule has 88 valence electrons. The van der Waals surface area contributed by atoms with E-state index in [1.165, 1.54) is 0 Å². The molecule has 0 unspecified atom stereocenters. The highest BCUT2D eigenvalue weighted by Crippen LogP contribution is 2.20. The van der Waals surface area contributed by atoms with E-state index in [0.29, 0.717) is 12.4 Å². The van der Waals surface area contributed by atoms with Crippen LogP contribution in [-0.2, 0) is 6.54 Å². The van der Waals surface area contributed by atoms with Crippen LogP contribution in [0.5, 0.6) is 5.88 Å². The van der Waals surface area contributed by atoms with Crippen molar-refractivity contribution < 1.29 is 9.84 Å². The van der Waals surface area contributed by atoms with Gasteiger partial charge in [-0.1, -0.05) is 6.07 Å². The number of ether oxygens (including phenoxy) is 1. The quantitative estimate of drug-likeness (QED) is 0.801. The molecule has 0 spiro atoms. The third-order valence-corrected chi connectivity index (χ3v) is 3.08. The van der Waals surface area contributed by atoms with E-state index in [4.69, 9.17) is 4.74 Å². The molecule has 1 saturated carbocycles. The first kappa shape index (κ1) is 11.4. The lowest BCUT2D eigenvalue weighted by Crippen LogP contribution is -2.35. The van der Waals surface area contributed by atoms with Crippen molar-refractivity contribution in [2.45, 2.75) is 38.0 Å². The predicted molar refractivity (Wildman–Crippen MR) is 61.3 cm³/mol. The largest absolute Gasteiger partial charge is 0.481 e. The number of hydrogen-bond acceptors (Lipinski definition) is 4. The summed E-state index contributed by atoms with van der Waals surface area (Å²) in [5, 5.41) is 13.0. The van der Waals surface area contributed by atoms with Crippen LogP contribution in [0.4, 0.5) is 0 Å².